The van der Waals surface area contributed by atoms with Crippen LogP contribution in [0.1, 0.15) is 60.6 Å². The van der Waals surface area contributed by atoms with Crippen molar-refractivity contribution in [1.29, 1.82) is 0 Å². The summed E-state index contributed by atoms with van der Waals surface area (Å²) in [6.07, 6.45) is 0.525. The number of sulfone groups is 1. The van der Waals surface area contributed by atoms with Crippen LogP contribution in [0.4, 0.5) is 5.82 Å². The quantitative estimate of drug-likeness (QED) is 0.856. The Morgan fingerprint density at radius 2 is 1.83 bits per heavy atom. The Balaban J connectivity index is 2.89. The summed E-state index contributed by atoms with van der Waals surface area (Å²) in [4.78, 5) is 12.4. The summed E-state index contributed by atoms with van der Waals surface area (Å²) in [6, 6.07) is 1.62. The van der Waals surface area contributed by atoms with E-state index in [-0.39, 0.29) is 22.9 Å². The standard InChI is InChI=1S/C16H28N2O4S/c1-11(2)8-9-23(20,21)16(6,7)14(19)17-13-10-12(22-18-13)15(3,4)5/h10-11H,8-9H2,1-7H3,(H,17,18,19). The van der Waals surface area contributed by atoms with Crippen LogP contribution in [0, 0.1) is 5.92 Å². The molecule has 1 aromatic heterocycles. The molecular formula is C16H28N2O4S. The van der Waals surface area contributed by atoms with E-state index in [2.05, 4.69) is 10.5 Å². The Labute approximate surface area is 138 Å². The molecule has 0 saturated carbocycles. The molecule has 0 fully saturated rings. The van der Waals surface area contributed by atoms with E-state index in [1.165, 1.54) is 13.8 Å². The molecule has 0 aliphatic heterocycles. The first kappa shape index (κ1) is 19.7. The van der Waals surface area contributed by atoms with Crippen LogP contribution in [0.2, 0.25) is 0 Å². The molecule has 0 saturated heterocycles. The van der Waals surface area contributed by atoms with Gasteiger partial charge in [0.2, 0.25) is 5.91 Å². The predicted octanol–water partition coefficient (Wildman–Crippen LogP) is 3.15. The first-order chi connectivity index (χ1) is 10.3. The number of hydrogen-bond donors (Lipinski definition) is 1. The second-order valence-corrected chi connectivity index (χ2v) is 10.5. The monoisotopic (exact) mass is 344 g/mol. The number of carbonyl (C=O) groups is 1. The van der Waals surface area contributed by atoms with Crippen molar-refractivity contribution in [2.45, 2.75) is 65.0 Å². The second kappa shape index (κ2) is 6.63. The number of carbonyl (C=O) groups excluding carboxylic acids is 1. The zero-order valence-electron chi connectivity index (χ0n) is 15.1. The van der Waals surface area contributed by atoms with E-state index in [1.807, 2.05) is 34.6 Å². The maximum Gasteiger partial charge on any atom is 0.246 e. The van der Waals surface area contributed by atoms with Crippen molar-refractivity contribution in [1.82, 2.24) is 5.16 Å². The highest BCUT2D eigenvalue weighted by Crippen LogP contribution is 2.26. The van der Waals surface area contributed by atoms with Crippen molar-refractivity contribution in [2.75, 3.05) is 11.1 Å². The number of anilines is 1. The van der Waals surface area contributed by atoms with Crippen LogP contribution in [0.25, 0.3) is 0 Å². The van der Waals surface area contributed by atoms with Gasteiger partial charge in [-0.3, -0.25) is 4.79 Å². The van der Waals surface area contributed by atoms with Gasteiger partial charge in [-0.1, -0.05) is 39.8 Å². The van der Waals surface area contributed by atoms with Crippen LogP contribution in [0.15, 0.2) is 10.6 Å². The van der Waals surface area contributed by atoms with Crippen LogP contribution in [-0.2, 0) is 20.0 Å². The Morgan fingerprint density at radius 3 is 2.26 bits per heavy atom. The Hall–Kier alpha value is -1.37. The van der Waals surface area contributed by atoms with Crippen molar-refractivity contribution in [2.24, 2.45) is 5.92 Å². The van der Waals surface area contributed by atoms with Crippen molar-refractivity contribution in [3.8, 4) is 0 Å². The van der Waals surface area contributed by atoms with Gasteiger partial charge in [0.05, 0.1) is 5.75 Å². The molecule has 0 spiro atoms. The summed E-state index contributed by atoms with van der Waals surface area (Å²) < 4.78 is 28.6. The summed E-state index contributed by atoms with van der Waals surface area (Å²) in [5.41, 5.74) is -0.241. The molecular weight excluding hydrogens is 316 g/mol. The Bertz CT molecular complexity index is 652. The summed E-state index contributed by atoms with van der Waals surface area (Å²) >= 11 is 0. The highest BCUT2D eigenvalue weighted by Gasteiger charge is 2.41. The van der Waals surface area contributed by atoms with Crippen molar-refractivity contribution in [3.63, 3.8) is 0 Å². The number of aromatic nitrogens is 1. The fraction of sp³-hybridized carbons (Fsp3) is 0.750. The van der Waals surface area contributed by atoms with E-state index in [0.29, 0.717) is 12.2 Å². The molecule has 0 unspecified atom stereocenters. The number of amides is 1. The van der Waals surface area contributed by atoms with Gasteiger partial charge >= 0.3 is 0 Å². The van der Waals surface area contributed by atoms with Gasteiger partial charge in [-0.25, -0.2) is 8.42 Å². The topological polar surface area (TPSA) is 89.3 Å². The minimum Gasteiger partial charge on any atom is -0.359 e. The molecule has 7 heteroatoms. The lowest BCUT2D eigenvalue weighted by Crippen LogP contribution is -2.45. The minimum absolute atomic E-state index is 0.0167. The van der Waals surface area contributed by atoms with Crippen molar-refractivity contribution in [3.05, 3.63) is 11.8 Å². The van der Waals surface area contributed by atoms with Gasteiger partial charge in [-0.15, -0.1) is 0 Å². The summed E-state index contributed by atoms with van der Waals surface area (Å²) in [6.45, 7) is 12.6. The van der Waals surface area contributed by atoms with Crippen molar-refractivity contribution < 1.29 is 17.7 Å². The molecule has 132 valence electrons. The fourth-order valence-corrected chi connectivity index (χ4v) is 3.37. The van der Waals surface area contributed by atoms with E-state index >= 15 is 0 Å². The van der Waals surface area contributed by atoms with Gasteiger partial charge in [0.15, 0.2) is 15.7 Å². The molecule has 0 aliphatic carbocycles. The molecule has 1 N–H and O–H groups in total. The maximum absolute atomic E-state index is 12.4. The van der Waals surface area contributed by atoms with Crippen LogP contribution in [0.3, 0.4) is 0 Å². The SMILES string of the molecule is CC(C)CCS(=O)(=O)C(C)(C)C(=O)Nc1cc(C(C)(C)C)on1. The summed E-state index contributed by atoms with van der Waals surface area (Å²) in [5, 5.41) is 6.34. The van der Waals surface area contributed by atoms with E-state index in [9.17, 15) is 13.2 Å². The molecule has 1 heterocycles. The van der Waals surface area contributed by atoms with Crippen LogP contribution < -0.4 is 5.32 Å². The van der Waals surface area contributed by atoms with Crippen LogP contribution >= 0.6 is 0 Å². The largest absolute Gasteiger partial charge is 0.359 e. The average molecular weight is 344 g/mol. The van der Waals surface area contributed by atoms with E-state index in [0.717, 1.165) is 0 Å². The molecule has 0 aliphatic rings. The first-order valence-electron chi connectivity index (χ1n) is 7.78. The molecule has 1 rings (SSSR count). The van der Waals surface area contributed by atoms with Gasteiger partial charge in [0.1, 0.15) is 10.5 Å². The number of hydrogen-bond acceptors (Lipinski definition) is 5. The zero-order valence-corrected chi connectivity index (χ0v) is 15.9. The van der Waals surface area contributed by atoms with Crippen LogP contribution in [-0.4, -0.2) is 30.0 Å². The number of nitrogens with zero attached hydrogens (tertiary/aromatic N) is 1. The van der Waals surface area contributed by atoms with E-state index in [1.54, 1.807) is 6.07 Å². The van der Waals surface area contributed by atoms with Gasteiger partial charge in [0, 0.05) is 11.5 Å². The summed E-state index contributed by atoms with van der Waals surface area (Å²) in [5.74, 6) is 0.487. The normalized spacial score (nSPS) is 13.4. The van der Waals surface area contributed by atoms with Gasteiger partial charge < -0.3 is 9.84 Å². The van der Waals surface area contributed by atoms with Gasteiger partial charge in [-0.05, 0) is 26.2 Å². The predicted molar refractivity (Wildman–Crippen MR) is 91.2 cm³/mol. The Morgan fingerprint density at radius 1 is 1.26 bits per heavy atom. The molecule has 1 amide bonds. The number of rotatable bonds is 6. The third-order valence-corrected chi connectivity index (χ3v) is 6.29. The molecule has 6 nitrogen and oxygen atoms in total. The second-order valence-electron chi connectivity index (χ2n) is 7.79. The number of nitrogens with one attached hydrogen (secondary N) is 1. The lowest BCUT2D eigenvalue weighted by atomic mass is 9.93. The third kappa shape index (κ3) is 4.80. The van der Waals surface area contributed by atoms with Crippen molar-refractivity contribution >= 4 is 21.6 Å². The fourth-order valence-electron chi connectivity index (χ4n) is 1.74. The summed E-state index contributed by atoms with van der Waals surface area (Å²) in [7, 11) is -3.57. The van der Waals surface area contributed by atoms with E-state index < -0.39 is 20.5 Å². The maximum atomic E-state index is 12.4. The zero-order chi connectivity index (χ0) is 18.1. The molecule has 23 heavy (non-hydrogen) atoms. The van der Waals surface area contributed by atoms with Gasteiger partial charge in [-0.2, -0.15) is 0 Å². The molecule has 0 bridgehead atoms. The average Bonchev–Trinajstić information content (AvgIpc) is 2.84. The lowest BCUT2D eigenvalue weighted by molar-refractivity contribution is -0.117. The van der Waals surface area contributed by atoms with E-state index in [4.69, 9.17) is 4.52 Å². The Kier molecular flexibility index (Phi) is 5.67. The smallest absolute Gasteiger partial charge is 0.246 e. The van der Waals surface area contributed by atoms with Crippen LogP contribution in [0.5, 0.6) is 0 Å². The third-order valence-electron chi connectivity index (χ3n) is 3.78. The molecule has 0 radical (unpaired) electrons. The molecule has 0 aromatic carbocycles. The highest BCUT2D eigenvalue weighted by atomic mass is 32.2. The highest BCUT2D eigenvalue weighted by molar-refractivity contribution is 7.93. The van der Waals surface area contributed by atoms with Gasteiger partial charge in [0.25, 0.3) is 0 Å². The molecule has 0 atom stereocenters. The minimum atomic E-state index is -3.57. The molecule has 1 aromatic rings. The first-order valence-corrected chi connectivity index (χ1v) is 9.43. The lowest BCUT2D eigenvalue weighted by Gasteiger charge is -2.23.